The van der Waals surface area contributed by atoms with Gasteiger partial charge in [0.15, 0.2) is 17.5 Å². The summed E-state index contributed by atoms with van der Waals surface area (Å²) >= 11 is 0. The zero-order chi connectivity index (χ0) is 28.0. The Morgan fingerprint density at radius 1 is 0.500 bits per heavy atom. The van der Waals surface area contributed by atoms with Crippen LogP contribution >= 0.6 is 0 Å². The highest BCUT2D eigenvalue weighted by Crippen LogP contribution is 2.37. The predicted molar refractivity (Wildman–Crippen MR) is 170 cm³/mol. The minimum absolute atomic E-state index is 0.623. The van der Waals surface area contributed by atoms with Crippen LogP contribution in [0.2, 0.25) is 0 Å². The second-order valence-corrected chi connectivity index (χ2v) is 10.5. The number of hydrogen-bond acceptors (Lipinski definition) is 4. The Morgan fingerprint density at radius 3 is 1.83 bits per heavy atom. The molecule has 3 heterocycles. The van der Waals surface area contributed by atoms with Crippen molar-refractivity contribution in [3.05, 3.63) is 139 Å². The molecule has 0 unspecified atom stereocenters. The molecule has 0 aliphatic carbocycles. The lowest BCUT2D eigenvalue weighted by atomic mass is 10.0. The fraction of sp³-hybridized carbons (Fsp3) is 0.0270. The second-order valence-electron chi connectivity index (χ2n) is 10.5. The summed E-state index contributed by atoms with van der Waals surface area (Å²) in [6.45, 7) is 2.12. The van der Waals surface area contributed by atoms with Gasteiger partial charge in [0.2, 0.25) is 0 Å². The van der Waals surface area contributed by atoms with Crippen LogP contribution in [-0.2, 0) is 0 Å². The van der Waals surface area contributed by atoms with Crippen LogP contribution in [0.1, 0.15) is 5.56 Å². The molecule has 5 heteroatoms. The SMILES string of the molecule is Cc1ccc2nc3n(-c4cccc(-c5nc(-c6ccccc6)nc(-c6ccccc6)n5)c4)c4ccccc4cc-3c2c1. The molecule has 0 N–H and O–H groups in total. The van der Waals surface area contributed by atoms with E-state index in [-0.39, 0.29) is 0 Å². The molecule has 0 fully saturated rings. The fourth-order valence-electron chi connectivity index (χ4n) is 5.64. The summed E-state index contributed by atoms with van der Waals surface area (Å²) in [5.41, 5.74) is 8.24. The topological polar surface area (TPSA) is 56.5 Å². The van der Waals surface area contributed by atoms with Crippen LogP contribution in [-0.4, -0.2) is 24.5 Å². The van der Waals surface area contributed by atoms with Gasteiger partial charge in [-0.2, -0.15) is 0 Å². The lowest BCUT2D eigenvalue weighted by Crippen LogP contribution is -2.04. The van der Waals surface area contributed by atoms with Crippen molar-refractivity contribution >= 4 is 21.8 Å². The number of fused-ring (bicyclic) bond motifs is 4. The summed E-state index contributed by atoms with van der Waals surface area (Å²) < 4.78 is 2.25. The standard InChI is InChI=1S/C37H25N5/c1-24-19-20-32-30(21-24)31-23-27-15-8-9-18-33(27)42(37(31)38-32)29-17-10-16-28(22-29)36-40-34(25-11-4-2-5-12-25)39-35(41-36)26-13-6-3-7-14-26/h2-23H,1H3. The lowest BCUT2D eigenvalue weighted by Gasteiger charge is -2.17. The molecule has 2 aliphatic rings. The van der Waals surface area contributed by atoms with E-state index in [1.807, 2.05) is 60.7 Å². The summed E-state index contributed by atoms with van der Waals surface area (Å²) in [5.74, 6) is 2.84. The fourth-order valence-corrected chi connectivity index (χ4v) is 5.64. The number of benzene rings is 5. The first-order valence-electron chi connectivity index (χ1n) is 14.0. The van der Waals surface area contributed by atoms with Crippen molar-refractivity contribution in [2.45, 2.75) is 6.92 Å². The number of nitrogens with zero attached hydrogens (tertiary/aromatic N) is 5. The van der Waals surface area contributed by atoms with Gasteiger partial charge in [0.25, 0.3) is 0 Å². The smallest absolute Gasteiger partial charge is 0.164 e. The molecule has 0 saturated carbocycles. The molecule has 0 amide bonds. The highest BCUT2D eigenvalue weighted by Gasteiger charge is 2.20. The minimum Gasteiger partial charge on any atom is -0.294 e. The highest BCUT2D eigenvalue weighted by atomic mass is 15.1. The van der Waals surface area contributed by atoms with Gasteiger partial charge in [-0.1, -0.05) is 103 Å². The molecule has 2 aliphatic heterocycles. The molecular formula is C37H25N5. The molecular weight excluding hydrogens is 514 g/mol. The van der Waals surface area contributed by atoms with Crippen LogP contribution in [0.3, 0.4) is 0 Å². The zero-order valence-electron chi connectivity index (χ0n) is 22.9. The van der Waals surface area contributed by atoms with Crippen LogP contribution in [0.5, 0.6) is 0 Å². The monoisotopic (exact) mass is 539 g/mol. The quantitative estimate of drug-likeness (QED) is 0.224. The molecule has 5 aromatic carbocycles. The average molecular weight is 540 g/mol. The van der Waals surface area contributed by atoms with Crippen molar-refractivity contribution in [3.8, 4) is 51.2 Å². The van der Waals surface area contributed by atoms with Gasteiger partial charge >= 0.3 is 0 Å². The van der Waals surface area contributed by atoms with E-state index in [2.05, 4.69) is 84.3 Å². The van der Waals surface area contributed by atoms with Crippen molar-refractivity contribution in [1.82, 2.24) is 24.5 Å². The van der Waals surface area contributed by atoms with E-state index in [9.17, 15) is 0 Å². The third-order valence-corrected chi connectivity index (χ3v) is 7.66. The van der Waals surface area contributed by atoms with E-state index in [1.54, 1.807) is 0 Å². The molecule has 0 radical (unpaired) electrons. The van der Waals surface area contributed by atoms with E-state index in [0.29, 0.717) is 17.5 Å². The summed E-state index contributed by atoms with van der Waals surface area (Å²) in [7, 11) is 0. The predicted octanol–water partition coefficient (Wildman–Crippen LogP) is 8.78. The van der Waals surface area contributed by atoms with Gasteiger partial charge in [0, 0.05) is 33.3 Å². The maximum atomic E-state index is 5.11. The van der Waals surface area contributed by atoms with Crippen LogP contribution in [0, 0.1) is 6.92 Å². The Balaban J connectivity index is 1.35. The third kappa shape index (κ3) is 4.11. The van der Waals surface area contributed by atoms with Gasteiger partial charge in [-0.05, 0) is 48.7 Å². The maximum absolute atomic E-state index is 5.11. The van der Waals surface area contributed by atoms with E-state index in [1.165, 1.54) is 5.56 Å². The third-order valence-electron chi connectivity index (χ3n) is 7.66. The van der Waals surface area contributed by atoms with Crippen LogP contribution in [0.25, 0.3) is 73.0 Å². The molecule has 0 spiro atoms. The van der Waals surface area contributed by atoms with Gasteiger partial charge in [-0.15, -0.1) is 0 Å². The van der Waals surface area contributed by atoms with Crippen LogP contribution < -0.4 is 0 Å². The molecule has 5 nitrogen and oxygen atoms in total. The number of aromatic nitrogens is 5. The summed E-state index contributed by atoms with van der Waals surface area (Å²) in [6.07, 6.45) is 0. The Bertz CT molecular complexity index is 2140. The Kier molecular flexibility index (Phi) is 5.61. The van der Waals surface area contributed by atoms with E-state index in [0.717, 1.165) is 55.6 Å². The first-order chi connectivity index (χ1) is 20.7. The van der Waals surface area contributed by atoms with Crippen molar-refractivity contribution in [2.75, 3.05) is 0 Å². The molecule has 8 rings (SSSR count). The summed E-state index contributed by atoms with van der Waals surface area (Å²) in [6, 6.07) is 45.7. The van der Waals surface area contributed by atoms with Gasteiger partial charge in [0.05, 0.1) is 11.0 Å². The van der Waals surface area contributed by atoms with Crippen molar-refractivity contribution in [3.63, 3.8) is 0 Å². The van der Waals surface area contributed by atoms with Gasteiger partial charge in [-0.3, -0.25) is 4.57 Å². The molecule has 0 atom stereocenters. The van der Waals surface area contributed by atoms with Crippen molar-refractivity contribution in [2.24, 2.45) is 0 Å². The first kappa shape index (κ1) is 24.1. The minimum atomic E-state index is 0.623. The molecule has 198 valence electrons. The number of hydrogen-bond donors (Lipinski definition) is 0. The van der Waals surface area contributed by atoms with E-state index in [4.69, 9.17) is 19.9 Å². The van der Waals surface area contributed by atoms with E-state index >= 15 is 0 Å². The Hall–Kier alpha value is -5.68. The summed E-state index contributed by atoms with van der Waals surface area (Å²) in [5, 5.41) is 2.32. The largest absolute Gasteiger partial charge is 0.294 e. The van der Waals surface area contributed by atoms with Crippen LogP contribution in [0.4, 0.5) is 0 Å². The average Bonchev–Trinajstić information content (AvgIpc) is 3.41. The molecule has 0 saturated heterocycles. The molecule has 6 aromatic rings. The summed E-state index contributed by atoms with van der Waals surface area (Å²) in [4.78, 5) is 19.9. The number of rotatable bonds is 4. The first-order valence-corrected chi connectivity index (χ1v) is 14.0. The maximum Gasteiger partial charge on any atom is 0.164 e. The Labute approximate surface area is 243 Å². The number of para-hydroxylation sites is 1. The number of aryl methyl sites for hydroxylation is 1. The molecule has 1 aromatic heterocycles. The normalized spacial score (nSPS) is 11.5. The second kappa shape index (κ2) is 9.75. The zero-order valence-corrected chi connectivity index (χ0v) is 22.9. The van der Waals surface area contributed by atoms with Crippen molar-refractivity contribution < 1.29 is 0 Å². The molecule has 0 bridgehead atoms. The molecule has 42 heavy (non-hydrogen) atoms. The van der Waals surface area contributed by atoms with Crippen molar-refractivity contribution in [1.29, 1.82) is 0 Å². The van der Waals surface area contributed by atoms with Crippen LogP contribution in [0.15, 0.2) is 133 Å². The highest BCUT2D eigenvalue weighted by molar-refractivity contribution is 6.02. The number of pyridine rings is 1. The van der Waals surface area contributed by atoms with Gasteiger partial charge < -0.3 is 0 Å². The Morgan fingerprint density at radius 2 is 1.12 bits per heavy atom. The van der Waals surface area contributed by atoms with Gasteiger partial charge in [0.1, 0.15) is 5.82 Å². The lowest BCUT2D eigenvalue weighted by molar-refractivity contribution is 1.06. The van der Waals surface area contributed by atoms with Gasteiger partial charge in [-0.25, -0.2) is 19.9 Å². The van der Waals surface area contributed by atoms with E-state index < -0.39 is 0 Å².